The number of nitrogens with zero attached hydrogens (tertiary/aromatic N) is 1. The van der Waals surface area contributed by atoms with Gasteiger partial charge in [0.1, 0.15) is 0 Å². The van der Waals surface area contributed by atoms with E-state index in [1.54, 1.807) is 12.1 Å². The summed E-state index contributed by atoms with van der Waals surface area (Å²) in [5.41, 5.74) is 2.76. The smallest absolute Gasteiger partial charge is 0.341 e. The van der Waals surface area contributed by atoms with Gasteiger partial charge in [0.25, 0.3) is 0 Å². The van der Waals surface area contributed by atoms with Crippen LogP contribution in [0.15, 0.2) is 48.5 Å². The number of hydrogen-bond acceptors (Lipinski definition) is 2. The minimum absolute atomic E-state index is 0. The molecule has 4 rings (SSSR count). The van der Waals surface area contributed by atoms with Crippen LogP contribution in [0.1, 0.15) is 17.5 Å². The van der Waals surface area contributed by atoms with Crippen LogP contribution in [0.3, 0.4) is 0 Å². The average molecular weight is 369 g/mol. The molecule has 1 N–H and O–H groups in total. The first-order valence-corrected chi connectivity index (χ1v) is 8.20. The minimum atomic E-state index is -4.30. The Morgan fingerprint density at radius 3 is 2.36 bits per heavy atom. The van der Waals surface area contributed by atoms with E-state index in [-0.39, 0.29) is 17.8 Å². The molecule has 6 heteroatoms. The second kappa shape index (κ2) is 6.54. The zero-order valence-electron chi connectivity index (χ0n) is 13.6. The molecule has 2 aromatic rings. The highest BCUT2D eigenvalue weighted by Gasteiger charge is 2.40. The Morgan fingerprint density at radius 1 is 1.00 bits per heavy atom. The lowest BCUT2D eigenvalue weighted by Gasteiger charge is -2.42. The van der Waals surface area contributed by atoms with Gasteiger partial charge in [0.2, 0.25) is 0 Å². The summed E-state index contributed by atoms with van der Waals surface area (Å²) in [6.07, 6.45) is -2.18. The molecule has 134 valence electrons. The van der Waals surface area contributed by atoms with Gasteiger partial charge in [-0.2, -0.15) is 13.2 Å². The van der Waals surface area contributed by atoms with Crippen LogP contribution in [0, 0.1) is 5.41 Å². The van der Waals surface area contributed by atoms with Gasteiger partial charge in [0.15, 0.2) is 0 Å². The molecule has 0 amide bonds. The van der Waals surface area contributed by atoms with Crippen LogP contribution in [-0.2, 0) is 12.6 Å². The van der Waals surface area contributed by atoms with Gasteiger partial charge >= 0.3 is 6.18 Å². The largest absolute Gasteiger partial charge is 0.416 e. The predicted molar refractivity (Wildman–Crippen MR) is 95.8 cm³/mol. The molecule has 1 saturated heterocycles. The van der Waals surface area contributed by atoms with Crippen molar-refractivity contribution in [2.24, 2.45) is 5.41 Å². The van der Waals surface area contributed by atoms with Crippen molar-refractivity contribution in [3.63, 3.8) is 0 Å². The van der Waals surface area contributed by atoms with E-state index in [0.717, 1.165) is 43.9 Å². The number of fused-ring (bicyclic) bond motifs is 1. The summed E-state index contributed by atoms with van der Waals surface area (Å²) >= 11 is 0. The van der Waals surface area contributed by atoms with Crippen LogP contribution in [0.2, 0.25) is 0 Å². The van der Waals surface area contributed by atoms with E-state index in [4.69, 9.17) is 0 Å². The molecule has 2 aromatic carbocycles. The molecule has 0 radical (unpaired) electrons. The molecule has 0 saturated carbocycles. The van der Waals surface area contributed by atoms with E-state index in [9.17, 15) is 13.2 Å². The standard InChI is InChI=1S/C19H19F3N2.ClH/c20-19(21,22)15-5-7-16(8-6-15)24-13-18(9-10-23-12-18)11-14-3-1-2-4-17(14)24;/h1-8,23H,9-13H2;1H. The summed E-state index contributed by atoms with van der Waals surface area (Å²) in [4.78, 5) is 2.17. The lowest BCUT2D eigenvalue weighted by atomic mass is 9.77. The van der Waals surface area contributed by atoms with Gasteiger partial charge in [-0.15, -0.1) is 12.4 Å². The van der Waals surface area contributed by atoms with Crippen molar-refractivity contribution in [1.29, 1.82) is 0 Å². The molecule has 25 heavy (non-hydrogen) atoms. The molecule has 2 aliphatic heterocycles. The van der Waals surface area contributed by atoms with E-state index >= 15 is 0 Å². The zero-order valence-corrected chi connectivity index (χ0v) is 14.5. The molecular weight excluding hydrogens is 349 g/mol. The Bertz CT molecular complexity index is 737. The first-order chi connectivity index (χ1) is 11.5. The van der Waals surface area contributed by atoms with Crippen LogP contribution in [-0.4, -0.2) is 19.6 Å². The summed E-state index contributed by atoms with van der Waals surface area (Å²) in [6.45, 7) is 2.80. The molecule has 2 aliphatic rings. The van der Waals surface area contributed by atoms with Gasteiger partial charge in [-0.25, -0.2) is 0 Å². The highest BCUT2D eigenvalue weighted by molar-refractivity contribution is 5.85. The van der Waals surface area contributed by atoms with Crippen LogP contribution < -0.4 is 10.2 Å². The maximum Gasteiger partial charge on any atom is 0.416 e. The lowest BCUT2D eigenvalue weighted by Crippen LogP contribution is -2.42. The molecular formula is C19H20ClF3N2. The van der Waals surface area contributed by atoms with Crippen LogP contribution >= 0.6 is 12.4 Å². The zero-order chi connectivity index (χ0) is 16.8. The van der Waals surface area contributed by atoms with Crippen LogP contribution in [0.4, 0.5) is 24.5 Å². The molecule has 2 nitrogen and oxygen atoms in total. The third-order valence-electron chi connectivity index (χ3n) is 5.18. The maximum absolute atomic E-state index is 12.8. The number of para-hydroxylation sites is 1. The van der Waals surface area contributed by atoms with Gasteiger partial charge in [-0.3, -0.25) is 0 Å². The molecule has 2 heterocycles. The molecule has 1 unspecified atom stereocenters. The Kier molecular flexibility index (Phi) is 4.73. The third-order valence-corrected chi connectivity index (χ3v) is 5.18. The molecule has 0 aromatic heterocycles. The predicted octanol–water partition coefficient (Wildman–Crippen LogP) is 4.80. The minimum Gasteiger partial charge on any atom is -0.341 e. The lowest BCUT2D eigenvalue weighted by molar-refractivity contribution is -0.137. The van der Waals surface area contributed by atoms with Crippen molar-refractivity contribution in [3.8, 4) is 0 Å². The number of halogens is 4. The topological polar surface area (TPSA) is 15.3 Å². The summed E-state index contributed by atoms with van der Waals surface area (Å²) in [5.74, 6) is 0. The Labute approximate surface area is 151 Å². The number of benzene rings is 2. The molecule has 1 atom stereocenters. The molecule has 0 aliphatic carbocycles. The quantitative estimate of drug-likeness (QED) is 0.777. The van der Waals surface area contributed by atoms with Gasteiger partial charge in [-0.05, 0) is 55.3 Å². The normalized spacial score (nSPS) is 22.6. The fraction of sp³-hybridized carbons (Fsp3) is 0.368. The Hall–Kier alpha value is -1.72. The second-order valence-electron chi connectivity index (χ2n) is 6.86. The van der Waals surface area contributed by atoms with Crippen LogP contribution in [0.25, 0.3) is 0 Å². The van der Waals surface area contributed by atoms with Gasteiger partial charge in [0.05, 0.1) is 5.56 Å². The first kappa shape index (κ1) is 18.1. The number of alkyl halides is 3. The van der Waals surface area contributed by atoms with E-state index < -0.39 is 11.7 Å². The van der Waals surface area contributed by atoms with Gasteiger partial charge < -0.3 is 10.2 Å². The molecule has 1 fully saturated rings. The fourth-order valence-electron chi connectivity index (χ4n) is 3.95. The third kappa shape index (κ3) is 3.35. The Morgan fingerprint density at radius 2 is 1.72 bits per heavy atom. The number of rotatable bonds is 1. The Balaban J connectivity index is 0.00000182. The average Bonchev–Trinajstić information content (AvgIpc) is 3.01. The monoisotopic (exact) mass is 368 g/mol. The second-order valence-corrected chi connectivity index (χ2v) is 6.86. The van der Waals surface area contributed by atoms with E-state index in [2.05, 4.69) is 22.3 Å². The van der Waals surface area contributed by atoms with Crippen molar-refractivity contribution in [1.82, 2.24) is 5.32 Å². The van der Waals surface area contributed by atoms with Crippen molar-refractivity contribution in [3.05, 3.63) is 59.7 Å². The summed E-state index contributed by atoms with van der Waals surface area (Å²) in [6, 6.07) is 13.7. The molecule has 0 bridgehead atoms. The highest BCUT2D eigenvalue weighted by Crippen LogP contribution is 2.43. The van der Waals surface area contributed by atoms with Gasteiger partial charge in [0, 0.05) is 29.9 Å². The van der Waals surface area contributed by atoms with Crippen molar-refractivity contribution >= 4 is 23.8 Å². The highest BCUT2D eigenvalue weighted by atomic mass is 35.5. The van der Waals surface area contributed by atoms with Crippen molar-refractivity contribution < 1.29 is 13.2 Å². The SMILES string of the molecule is Cl.FC(F)(F)c1ccc(N2CC3(CCNC3)Cc3ccccc32)cc1. The maximum atomic E-state index is 12.8. The van der Waals surface area contributed by atoms with Crippen molar-refractivity contribution in [2.45, 2.75) is 19.0 Å². The first-order valence-electron chi connectivity index (χ1n) is 8.20. The van der Waals surface area contributed by atoms with E-state index in [1.165, 1.54) is 17.7 Å². The number of anilines is 2. The van der Waals surface area contributed by atoms with Crippen LogP contribution in [0.5, 0.6) is 0 Å². The molecule has 1 spiro atoms. The van der Waals surface area contributed by atoms with Crippen molar-refractivity contribution in [2.75, 3.05) is 24.5 Å². The van der Waals surface area contributed by atoms with Gasteiger partial charge in [-0.1, -0.05) is 18.2 Å². The number of nitrogens with one attached hydrogen (secondary N) is 1. The van der Waals surface area contributed by atoms with E-state index in [0.29, 0.717) is 0 Å². The summed E-state index contributed by atoms with van der Waals surface area (Å²) < 4.78 is 38.5. The summed E-state index contributed by atoms with van der Waals surface area (Å²) in [7, 11) is 0. The fourth-order valence-corrected chi connectivity index (χ4v) is 3.95. The van der Waals surface area contributed by atoms with E-state index in [1.807, 2.05) is 12.1 Å². The number of hydrogen-bond donors (Lipinski definition) is 1. The summed E-state index contributed by atoms with van der Waals surface area (Å²) in [5, 5.41) is 3.44.